The van der Waals surface area contributed by atoms with Gasteiger partial charge in [0.15, 0.2) is 0 Å². The molecule has 0 nitrogen and oxygen atoms in total. The van der Waals surface area contributed by atoms with Crippen LogP contribution in [0, 0.1) is 0 Å². The van der Waals surface area contributed by atoms with Crippen LogP contribution in [0.2, 0.25) is 0 Å². The zero-order valence-electron chi connectivity index (χ0n) is 2.78. The summed E-state index contributed by atoms with van der Waals surface area (Å²) in [6, 6.07) is 0. The third-order valence-corrected chi connectivity index (χ3v) is 0. The lowest BCUT2D eigenvalue weighted by molar-refractivity contribution is 2.50. The van der Waals surface area contributed by atoms with Gasteiger partial charge in [0.25, 0.3) is 0 Å². The van der Waals surface area contributed by atoms with Gasteiger partial charge in [0.1, 0.15) is 0 Å². The molecule has 0 aliphatic carbocycles. The Labute approximate surface area is 30.1 Å². The summed E-state index contributed by atoms with van der Waals surface area (Å²) in [6.07, 6.45) is 3.70. The summed E-state index contributed by atoms with van der Waals surface area (Å²) in [4.78, 5) is 0. The van der Waals surface area contributed by atoms with Gasteiger partial charge in [-0.15, -0.1) is 22.5 Å². The van der Waals surface area contributed by atoms with E-state index in [9.17, 15) is 0 Å². The van der Waals surface area contributed by atoms with E-state index in [1.165, 1.54) is 0 Å². The summed E-state index contributed by atoms with van der Waals surface area (Å²) >= 11 is 0. The molecule has 0 aromatic heterocycles. The average molecular weight is 94.0 g/mol. The molecule has 0 amide bonds. The predicted octanol–water partition coefficient (Wildman–Crippen LogP) is 1.05. The molecule has 0 aromatic rings. The average Bonchev–Trinajstić information content (AvgIpc) is 0.811. The molecule has 0 aliphatic heterocycles. The van der Waals surface area contributed by atoms with Crippen LogP contribution < -0.4 is 0 Å². The monoisotopic (exact) mass is 94.0 g/mol. The first kappa shape index (κ1) is 4.73. The minimum atomic E-state index is -0.213. The Morgan fingerprint density at radius 2 is 2.00 bits per heavy atom. The molecule has 4 heavy (non-hydrogen) atoms. The summed E-state index contributed by atoms with van der Waals surface area (Å²) in [6.45, 7) is 2.12. The van der Waals surface area contributed by atoms with Crippen LogP contribution in [0.5, 0.6) is 0 Å². The predicted molar refractivity (Wildman–Crippen MR) is 31.1 cm³/mol. The first-order chi connectivity index (χ1) is 1.73. The van der Waals surface area contributed by atoms with E-state index in [0.717, 1.165) is 0 Å². The zero-order chi connectivity index (χ0) is 3.58. The standard InChI is InChI=1S/C2H8P2/c1-4(2)3/h4H,1,3H2,2H3. The minimum absolute atomic E-state index is 0.213. The fourth-order valence-electron chi connectivity index (χ4n) is 0. The van der Waals surface area contributed by atoms with Crippen molar-refractivity contribution >= 4 is 22.5 Å². The normalized spacial score (nSPS) is 15.5. The van der Waals surface area contributed by atoms with E-state index in [0.29, 0.717) is 0 Å². The maximum atomic E-state index is 3.70. The zero-order valence-corrected chi connectivity index (χ0v) is 4.94. The van der Waals surface area contributed by atoms with Gasteiger partial charge in [-0.2, -0.15) is 0 Å². The number of hydrogen-bond donors (Lipinski definition) is 0. The van der Waals surface area contributed by atoms with Crippen LogP contribution in [0.1, 0.15) is 0 Å². The van der Waals surface area contributed by atoms with Crippen LogP contribution in [0.15, 0.2) is 0 Å². The van der Waals surface area contributed by atoms with Crippen LogP contribution in [-0.4, -0.2) is 13.0 Å². The Bertz CT molecular complexity index is 27.0. The van der Waals surface area contributed by atoms with E-state index >= 15 is 0 Å². The van der Waals surface area contributed by atoms with Crippen LogP contribution in [0.25, 0.3) is 0 Å². The molecule has 0 bridgehead atoms. The van der Waals surface area contributed by atoms with Gasteiger partial charge >= 0.3 is 0 Å². The van der Waals surface area contributed by atoms with Crippen LogP contribution in [-0.2, 0) is 0 Å². The Balaban J connectivity index is 2.80. The largest absolute Gasteiger partial charge is 0.116 e. The van der Waals surface area contributed by atoms with Crippen molar-refractivity contribution in [3.63, 3.8) is 0 Å². The molecular formula is C2H8P2. The summed E-state index contributed by atoms with van der Waals surface area (Å²) in [7, 11) is 2.44. The molecule has 0 saturated carbocycles. The van der Waals surface area contributed by atoms with Crippen molar-refractivity contribution in [2.75, 3.05) is 6.66 Å². The van der Waals surface area contributed by atoms with Crippen molar-refractivity contribution in [2.45, 2.75) is 0 Å². The van der Waals surface area contributed by atoms with Crippen LogP contribution >= 0.6 is 16.2 Å². The molecule has 0 aliphatic rings. The third-order valence-electron chi connectivity index (χ3n) is 0. The van der Waals surface area contributed by atoms with E-state index in [4.69, 9.17) is 0 Å². The van der Waals surface area contributed by atoms with Crippen molar-refractivity contribution in [3.05, 3.63) is 0 Å². The number of hydrogen-bond acceptors (Lipinski definition) is 0. The smallest absolute Gasteiger partial charge is 0.0444 e. The molecule has 2 atom stereocenters. The van der Waals surface area contributed by atoms with Crippen molar-refractivity contribution in [3.8, 4) is 0 Å². The molecule has 0 rings (SSSR count). The fraction of sp³-hybridized carbons (Fsp3) is 0.500. The highest BCUT2D eigenvalue weighted by Crippen LogP contribution is 2.22. The molecule has 0 fully saturated rings. The molecule has 0 aromatic carbocycles. The Morgan fingerprint density at radius 1 is 2.00 bits per heavy atom. The molecule has 2 unspecified atom stereocenters. The summed E-state index contributed by atoms with van der Waals surface area (Å²) < 4.78 is 0. The highest BCUT2D eigenvalue weighted by molar-refractivity contribution is 8.11. The lowest BCUT2D eigenvalue weighted by Gasteiger charge is -1.68. The maximum Gasteiger partial charge on any atom is -0.0444 e. The topological polar surface area (TPSA) is 0 Å². The van der Waals surface area contributed by atoms with Gasteiger partial charge in [0.05, 0.1) is 0 Å². The second-order valence-electron chi connectivity index (χ2n) is 0.846. The van der Waals surface area contributed by atoms with E-state index < -0.39 is 0 Å². The van der Waals surface area contributed by atoms with Crippen molar-refractivity contribution in [1.82, 2.24) is 0 Å². The van der Waals surface area contributed by atoms with E-state index in [2.05, 4.69) is 21.9 Å². The molecule has 0 radical (unpaired) electrons. The van der Waals surface area contributed by atoms with Crippen LogP contribution in [0.4, 0.5) is 0 Å². The summed E-state index contributed by atoms with van der Waals surface area (Å²) in [5.41, 5.74) is 0. The second kappa shape index (κ2) is 2.00. The van der Waals surface area contributed by atoms with Gasteiger partial charge in [0.2, 0.25) is 0 Å². The highest BCUT2D eigenvalue weighted by Gasteiger charge is 1.48. The Morgan fingerprint density at radius 3 is 2.00 bits per heavy atom. The molecule has 2 heteroatoms. The minimum Gasteiger partial charge on any atom is -0.116 e. The van der Waals surface area contributed by atoms with Crippen molar-refractivity contribution < 1.29 is 0 Å². The van der Waals surface area contributed by atoms with Gasteiger partial charge in [-0.3, -0.25) is 0 Å². The Kier molecular flexibility index (Phi) is 2.36. The van der Waals surface area contributed by atoms with E-state index in [1.54, 1.807) is 0 Å². The maximum absolute atomic E-state index is 3.70. The Hall–Kier alpha value is 0.730. The van der Waals surface area contributed by atoms with Gasteiger partial charge < -0.3 is 0 Å². The first-order valence-corrected chi connectivity index (χ1v) is 5.16. The van der Waals surface area contributed by atoms with Crippen molar-refractivity contribution in [2.24, 2.45) is 0 Å². The lowest BCUT2D eigenvalue weighted by atomic mass is 11.9. The SMILES string of the molecule is C=[PH](C)P. The van der Waals surface area contributed by atoms with Gasteiger partial charge in [-0.25, -0.2) is 0 Å². The molecule has 0 saturated heterocycles. The van der Waals surface area contributed by atoms with Crippen molar-refractivity contribution in [1.29, 1.82) is 0 Å². The molecule has 0 heterocycles. The lowest BCUT2D eigenvalue weighted by Crippen LogP contribution is -1.19. The second-order valence-corrected chi connectivity index (χ2v) is 5.50. The third kappa shape index (κ3) is 15.3. The molecule has 0 spiro atoms. The van der Waals surface area contributed by atoms with Gasteiger partial charge in [-0.1, -0.05) is 0 Å². The molecule has 26 valence electrons. The van der Waals surface area contributed by atoms with Gasteiger partial charge in [-0.05, 0) is 6.66 Å². The number of rotatable bonds is 0. The van der Waals surface area contributed by atoms with E-state index in [-0.39, 0.29) is 7.23 Å². The fourth-order valence-corrected chi connectivity index (χ4v) is 0. The highest BCUT2D eigenvalue weighted by atomic mass is 32.0. The summed E-state index contributed by atoms with van der Waals surface area (Å²) in [5.74, 6) is 0. The van der Waals surface area contributed by atoms with E-state index in [1.807, 2.05) is 0 Å². The quantitative estimate of drug-likeness (QED) is 0.393. The first-order valence-electron chi connectivity index (χ1n) is 1.14. The van der Waals surface area contributed by atoms with Gasteiger partial charge in [0, 0.05) is 0 Å². The molecular weight excluding hydrogens is 86.0 g/mol. The summed E-state index contributed by atoms with van der Waals surface area (Å²) in [5, 5.41) is 0. The van der Waals surface area contributed by atoms with Crippen LogP contribution in [0.3, 0.4) is 0 Å². The molecule has 0 N–H and O–H groups in total.